The van der Waals surface area contributed by atoms with Gasteiger partial charge in [-0.2, -0.15) is 11.8 Å². The van der Waals surface area contributed by atoms with Gasteiger partial charge in [-0.25, -0.2) is 0 Å². The van der Waals surface area contributed by atoms with Gasteiger partial charge < -0.3 is 0 Å². The summed E-state index contributed by atoms with van der Waals surface area (Å²) in [6.45, 7) is 0. The molecule has 1 aliphatic heterocycles. The van der Waals surface area contributed by atoms with Crippen LogP contribution in [0.1, 0.15) is 12.8 Å². The average Bonchev–Trinajstić information content (AvgIpc) is 2.33. The summed E-state index contributed by atoms with van der Waals surface area (Å²) in [6, 6.07) is 0. The minimum absolute atomic E-state index is 1.27. The molecule has 2 aliphatic rings. The number of hydrogen-bond acceptors (Lipinski definition) is 1. The Morgan fingerprint density at radius 3 is 2.11 bits per heavy atom. The van der Waals surface area contributed by atoms with E-state index in [4.69, 9.17) is 0 Å². The van der Waals surface area contributed by atoms with Gasteiger partial charge in [-0.1, -0.05) is 12.2 Å². The molecule has 0 bridgehead atoms. The summed E-state index contributed by atoms with van der Waals surface area (Å²) in [5.41, 5.74) is 3.23. The molecule has 0 nitrogen and oxygen atoms in total. The Labute approximate surface area is 60.0 Å². The average molecular weight is 138 g/mol. The lowest BCUT2D eigenvalue weighted by atomic mass is 10.0. The third-order valence-corrected chi connectivity index (χ3v) is 2.91. The van der Waals surface area contributed by atoms with E-state index in [-0.39, 0.29) is 0 Å². The van der Waals surface area contributed by atoms with Crippen LogP contribution in [0.5, 0.6) is 0 Å². The molecule has 0 amide bonds. The van der Waals surface area contributed by atoms with E-state index in [2.05, 4.69) is 12.2 Å². The van der Waals surface area contributed by atoms with Crippen molar-refractivity contribution in [2.75, 3.05) is 11.5 Å². The smallest absolute Gasteiger partial charge is 0.0187 e. The lowest BCUT2D eigenvalue weighted by Crippen LogP contribution is -1.89. The standard InChI is InChI=1S/C8H10S/c1-2-4-8-6-9-5-7(8)3-1/h3-4H,1-2,5-6H2. The molecule has 0 atom stereocenters. The largest absolute Gasteiger partial charge is 0.152 e. The number of allylic oxidation sites excluding steroid dienone is 2. The van der Waals surface area contributed by atoms with Gasteiger partial charge in [0.05, 0.1) is 0 Å². The van der Waals surface area contributed by atoms with Crippen LogP contribution in [0.2, 0.25) is 0 Å². The highest BCUT2D eigenvalue weighted by molar-refractivity contribution is 8.00. The summed E-state index contributed by atoms with van der Waals surface area (Å²) in [6.07, 6.45) is 7.35. The molecule has 1 saturated heterocycles. The van der Waals surface area contributed by atoms with Crippen LogP contribution in [-0.2, 0) is 0 Å². The zero-order valence-corrected chi connectivity index (χ0v) is 6.21. The third kappa shape index (κ3) is 0.940. The van der Waals surface area contributed by atoms with Crippen LogP contribution < -0.4 is 0 Å². The number of fused-ring (bicyclic) bond motifs is 1. The summed E-state index contributed by atoms with van der Waals surface area (Å²) in [7, 11) is 0. The first-order chi connectivity index (χ1) is 4.47. The molecule has 1 aliphatic carbocycles. The molecular formula is C8H10S. The Morgan fingerprint density at radius 1 is 1.00 bits per heavy atom. The van der Waals surface area contributed by atoms with Gasteiger partial charge >= 0.3 is 0 Å². The Bertz CT molecular complexity index is 157. The van der Waals surface area contributed by atoms with E-state index in [0.29, 0.717) is 0 Å². The van der Waals surface area contributed by atoms with Crippen molar-refractivity contribution in [3.8, 4) is 0 Å². The van der Waals surface area contributed by atoms with Gasteiger partial charge in [-0.3, -0.25) is 0 Å². The molecule has 1 fully saturated rings. The second-order valence-corrected chi connectivity index (χ2v) is 3.51. The molecule has 2 rings (SSSR count). The van der Waals surface area contributed by atoms with Gasteiger partial charge in [-0.15, -0.1) is 0 Å². The van der Waals surface area contributed by atoms with Crippen molar-refractivity contribution in [1.82, 2.24) is 0 Å². The van der Waals surface area contributed by atoms with Gasteiger partial charge in [0.15, 0.2) is 0 Å². The number of thioether (sulfide) groups is 1. The van der Waals surface area contributed by atoms with E-state index in [9.17, 15) is 0 Å². The molecule has 0 N–H and O–H groups in total. The molecule has 0 saturated carbocycles. The normalized spacial score (nSPS) is 24.9. The van der Waals surface area contributed by atoms with Gasteiger partial charge in [0.25, 0.3) is 0 Å². The monoisotopic (exact) mass is 138 g/mol. The zero-order chi connectivity index (χ0) is 6.10. The van der Waals surface area contributed by atoms with Crippen molar-refractivity contribution in [2.24, 2.45) is 0 Å². The van der Waals surface area contributed by atoms with Crippen LogP contribution in [0.15, 0.2) is 23.3 Å². The molecule has 0 radical (unpaired) electrons. The van der Waals surface area contributed by atoms with Crippen LogP contribution in [-0.4, -0.2) is 11.5 Å². The molecule has 0 aromatic rings. The fourth-order valence-electron chi connectivity index (χ4n) is 1.35. The molecule has 1 heteroatoms. The van der Waals surface area contributed by atoms with Crippen molar-refractivity contribution in [1.29, 1.82) is 0 Å². The highest BCUT2D eigenvalue weighted by atomic mass is 32.2. The fourth-order valence-corrected chi connectivity index (χ4v) is 2.50. The summed E-state index contributed by atoms with van der Waals surface area (Å²) in [5, 5.41) is 0. The maximum Gasteiger partial charge on any atom is 0.0187 e. The SMILES string of the molecule is C1=C2CSCC2=CCC1. The van der Waals surface area contributed by atoms with Crippen molar-refractivity contribution in [3.63, 3.8) is 0 Å². The van der Waals surface area contributed by atoms with Crippen LogP contribution in [0.4, 0.5) is 0 Å². The highest BCUT2D eigenvalue weighted by Gasteiger charge is 2.14. The van der Waals surface area contributed by atoms with E-state index in [1.807, 2.05) is 11.8 Å². The predicted octanol–water partition coefficient (Wildman–Crippen LogP) is 2.38. The highest BCUT2D eigenvalue weighted by Crippen LogP contribution is 2.31. The zero-order valence-electron chi connectivity index (χ0n) is 5.39. The molecule has 0 aromatic carbocycles. The molecule has 9 heavy (non-hydrogen) atoms. The second kappa shape index (κ2) is 2.22. The Morgan fingerprint density at radius 2 is 1.56 bits per heavy atom. The predicted molar refractivity (Wildman–Crippen MR) is 42.7 cm³/mol. The minimum atomic E-state index is 1.27. The Hall–Kier alpha value is -0.170. The van der Waals surface area contributed by atoms with Crippen molar-refractivity contribution < 1.29 is 0 Å². The van der Waals surface area contributed by atoms with E-state index < -0.39 is 0 Å². The van der Waals surface area contributed by atoms with Crippen LogP contribution >= 0.6 is 11.8 Å². The van der Waals surface area contributed by atoms with E-state index in [1.165, 1.54) is 24.3 Å². The first-order valence-electron chi connectivity index (χ1n) is 3.43. The summed E-state index contributed by atoms with van der Waals surface area (Å²) in [5.74, 6) is 2.54. The summed E-state index contributed by atoms with van der Waals surface area (Å²) < 4.78 is 0. The van der Waals surface area contributed by atoms with Crippen molar-refractivity contribution in [3.05, 3.63) is 23.3 Å². The lowest BCUT2D eigenvalue weighted by Gasteiger charge is -2.04. The Balaban J connectivity index is 2.30. The number of rotatable bonds is 0. The maximum absolute atomic E-state index is 2.40. The third-order valence-electron chi connectivity index (χ3n) is 1.88. The molecule has 0 unspecified atom stereocenters. The van der Waals surface area contributed by atoms with Crippen LogP contribution in [0, 0.1) is 0 Å². The topological polar surface area (TPSA) is 0 Å². The first kappa shape index (κ1) is 5.60. The van der Waals surface area contributed by atoms with E-state index in [0.717, 1.165) is 0 Å². The summed E-state index contributed by atoms with van der Waals surface area (Å²) in [4.78, 5) is 0. The summed E-state index contributed by atoms with van der Waals surface area (Å²) >= 11 is 2.04. The van der Waals surface area contributed by atoms with Crippen LogP contribution in [0.3, 0.4) is 0 Å². The molecular weight excluding hydrogens is 128 g/mol. The molecule has 0 aromatic heterocycles. The molecule has 48 valence electrons. The second-order valence-electron chi connectivity index (χ2n) is 2.53. The lowest BCUT2D eigenvalue weighted by molar-refractivity contribution is 1.000. The minimum Gasteiger partial charge on any atom is -0.152 e. The fraction of sp³-hybridized carbons (Fsp3) is 0.500. The first-order valence-corrected chi connectivity index (χ1v) is 4.58. The van der Waals surface area contributed by atoms with Crippen LogP contribution in [0.25, 0.3) is 0 Å². The van der Waals surface area contributed by atoms with Gasteiger partial charge in [0, 0.05) is 11.5 Å². The van der Waals surface area contributed by atoms with Gasteiger partial charge in [0.2, 0.25) is 0 Å². The molecule has 0 spiro atoms. The maximum atomic E-state index is 2.40. The quantitative estimate of drug-likeness (QED) is 0.495. The van der Waals surface area contributed by atoms with Crippen molar-refractivity contribution in [2.45, 2.75) is 12.8 Å². The Kier molecular flexibility index (Phi) is 1.38. The van der Waals surface area contributed by atoms with E-state index >= 15 is 0 Å². The molecule has 1 heterocycles. The van der Waals surface area contributed by atoms with Gasteiger partial charge in [0.1, 0.15) is 0 Å². The van der Waals surface area contributed by atoms with Gasteiger partial charge in [-0.05, 0) is 24.0 Å². The van der Waals surface area contributed by atoms with E-state index in [1.54, 1.807) is 11.1 Å². The number of hydrogen-bond donors (Lipinski definition) is 0. The van der Waals surface area contributed by atoms with Crippen molar-refractivity contribution >= 4 is 11.8 Å².